The smallest absolute Gasteiger partial charge is 0.140 e. The lowest BCUT2D eigenvalue weighted by atomic mass is 10.5. The van der Waals surface area contributed by atoms with Crippen molar-refractivity contribution in [2.24, 2.45) is 0 Å². The van der Waals surface area contributed by atoms with Gasteiger partial charge in [-0.25, -0.2) is 4.68 Å². The Balaban J connectivity index is 2.72. The van der Waals surface area contributed by atoms with Gasteiger partial charge in [0.05, 0.1) is 12.2 Å². The number of halogens is 1. The minimum absolute atomic E-state index is 0.556. The van der Waals surface area contributed by atoms with E-state index in [2.05, 4.69) is 10.00 Å². The van der Waals surface area contributed by atoms with Gasteiger partial charge in [-0.2, -0.15) is 5.10 Å². The fourth-order valence-corrected chi connectivity index (χ4v) is 1.18. The highest BCUT2D eigenvalue weighted by Gasteiger charge is 2.09. The summed E-state index contributed by atoms with van der Waals surface area (Å²) in [5.41, 5.74) is 6.53. The average Bonchev–Trinajstić information content (AvgIpc) is 2.29. The minimum atomic E-state index is 0.556. The Bertz CT molecular complexity index is 293. The normalized spacial score (nSPS) is 11.2. The molecule has 5 heteroatoms. The Labute approximate surface area is 83.3 Å². The summed E-state index contributed by atoms with van der Waals surface area (Å²) in [6, 6.07) is 0. The van der Waals surface area contributed by atoms with E-state index >= 15 is 0 Å². The van der Waals surface area contributed by atoms with Crippen molar-refractivity contribution in [1.29, 1.82) is 0 Å². The maximum absolute atomic E-state index is 5.89. The SMILES string of the molecule is Cc1nn(CCN(C)C)c(N)c1Cl. The van der Waals surface area contributed by atoms with E-state index < -0.39 is 0 Å². The summed E-state index contributed by atoms with van der Waals surface area (Å²) >= 11 is 5.89. The zero-order valence-corrected chi connectivity index (χ0v) is 8.97. The molecule has 2 N–H and O–H groups in total. The third-order valence-corrected chi connectivity index (χ3v) is 2.32. The van der Waals surface area contributed by atoms with E-state index in [-0.39, 0.29) is 0 Å². The van der Waals surface area contributed by atoms with E-state index in [1.807, 2.05) is 21.0 Å². The number of nitrogens with zero attached hydrogens (tertiary/aromatic N) is 3. The molecule has 4 nitrogen and oxygen atoms in total. The highest BCUT2D eigenvalue weighted by atomic mass is 35.5. The van der Waals surface area contributed by atoms with E-state index in [1.54, 1.807) is 4.68 Å². The van der Waals surface area contributed by atoms with Crippen molar-refractivity contribution in [1.82, 2.24) is 14.7 Å². The van der Waals surface area contributed by atoms with Crippen LogP contribution in [-0.4, -0.2) is 35.3 Å². The fourth-order valence-electron chi connectivity index (χ4n) is 1.04. The van der Waals surface area contributed by atoms with Crippen LogP contribution in [0, 0.1) is 6.92 Å². The van der Waals surface area contributed by atoms with Gasteiger partial charge in [0.1, 0.15) is 10.8 Å². The Hall–Kier alpha value is -0.740. The van der Waals surface area contributed by atoms with Gasteiger partial charge in [0.25, 0.3) is 0 Å². The van der Waals surface area contributed by atoms with Crippen LogP contribution < -0.4 is 5.73 Å². The molecule has 0 saturated carbocycles. The first-order chi connectivity index (χ1) is 6.02. The number of hydrogen-bond acceptors (Lipinski definition) is 3. The van der Waals surface area contributed by atoms with Crippen LogP contribution in [0.3, 0.4) is 0 Å². The number of hydrogen-bond donors (Lipinski definition) is 1. The second-order valence-corrected chi connectivity index (χ2v) is 3.69. The van der Waals surface area contributed by atoms with Gasteiger partial charge in [0.15, 0.2) is 0 Å². The van der Waals surface area contributed by atoms with E-state index in [9.17, 15) is 0 Å². The predicted molar refractivity (Wildman–Crippen MR) is 54.9 cm³/mol. The van der Waals surface area contributed by atoms with E-state index in [0.717, 1.165) is 18.8 Å². The molecule has 74 valence electrons. The number of anilines is 1. The van der Waals surface area contributed by atoms with E-state index in [4.69, 9.17) is 17.3 Å². The first-order valence-corrected chi connectivity index (χ1v) is 4.53. The third kappa shape index (κ3) is 2.35. The van der Waals surface area contributed by atoms with Crippen molar-refractivity contribution >= 4 is 17.4 Å². The van der Waals surface area contributed by atoms with E-state index in [1.165, 1.54) is 0 Å². The van der Waals surface area contributed by atoms with Gasteiger partial charge in [-0.1, -0.05) is 11.6 Å². The lowest BCUT2D eigenvalue weighted by Gasteiger charge is -2.09. The monoisotopic (exact) mass is 202 g/mol. The number of rotatable bonds is 3. The van der Waals surface area contributed by atoms with Gasteiger partial charge < -0.3 is 10.6 Å². The molecule has 13 heavy (non-hydrogen) atoms. The lowest BCUT2D eigenvalue weighted by Crippen LogP contribution is -2.19. The van der Waals surface area contributed by atoms with Gasteiger partial charge in [0, 0.05) is 6.54 Å². The molecule has 1 rings (SSSR count). The van der Waals surface area contributed by atoms with Gasteiger partial charge in [-0.05, 0) is 21.0 Å². The highest BCUT2D eigenvalue weighted by Crippen LogP contribution is 2.21. The van der Waals surface area contributed by atoms with Crippen LogP contribution in [0.4, 0.5) is 5.82 Å². The zero-order chi connectivity index (χ0) is 10.0. The van der Waals surface area contributed by atoms with Crippen LogP contribution in [0.15, 0.2) is 0 Å². The molecule has 0 radical (unpaired) electrons. The molecule has 0 fully saturated rings. The fraction of sp³-hybridized carbons (Fsp3) is 0.625. The summed E-state index contributed by atoms with van der Waals surface area (Å²) in [6.07, 6.45) is 0. The van der Waals surface area contributed by atoms with Gasteiger partial charge in [-0.15, -0.1) is 0 Å². The van der Waals surface area contributed by atoms with Crippen molar-refractivity contribution in [3.05, 3.63) is 10.7 Å². The molecule has 0 aromatic carbocycles. The van der Waals surface area contributed by atoms with Gasteiger partial charge in [-0.3, -0.25) is 0 Å². The van der Waals surface area contributed by atoms with Crippen LogP contribution in [0.1, 0.15) is 5.69 Å². The van der Waals surface area contributed by atoms with Crippen molar-refractivity contribution in [2.75, 3.05) is 26.4 Å². The van der Waals surface area contributed by atoms with Crippen LogP contribution in [-0.2, 0) is 6.54 Å². The summed E-state index contributed by atoms with van der Waals surface area (Å²) in [7, 11) is 4.02. The second kappa shape index (κ2) is 3.98. The lowest BCUT2D eigenvalue weighted by molar-refractivity contribution is 0.374. The maximum atomic E-state index is 5.89. The molecule has 0 saturated heterocycles. The highest BCUT2D eigenvalue weighted by molar-refractivity contribution is 6.33. The quantitative estimate of drug-likeness (QED) is 0.795. The number of aromatic nitrogens is 2. The first kappa shape index (κ1) is 10.3. The molecular formula is C8H15ClN4. The van der Waals surface area contributed by atoms with Gasteiger partial charge >= 0.3 is 0 Å². The first-order valence-electron chi connectivity index (χ1n) is 4.15. The van der Waals surface area contributed by atoms with Crippen LogP contribution in [0.2, 0.25) is 5.02 Å². The second-order valence-electron chi connectivity index (χ2n) is 3.31. The predicted octanol–water partition coefficient (Wildman–Crippen LogP) is 0.989. The molecule has 0 spiro atoms. The Morgan fingerprint density at radius 1 is 1.54 bits per heavy atom. The molecule has 1 aromatic rings. The molecule has 0 aliphatic carbocycles. The average molecular weight is 203 g/mol. The molecule has 0 aliphatic heterocycles. The third-order valence-electron chi connectivity index (χ3n) is 1.85. The van der Waals surface area contributed by atoms with Crippen molar-refractivity contribution < 1.29 is 0 Å². The van der Waals surface area contributed by atoms with Crippen molar-refractivity contribution in [3.8, 4) is 0 Å². The number of nitrogens with two attached hydrogens (primary N) is 1. The summed E-state index contributed by atoms with van der Waals surface area (Å²) in [6.45, 7) is 3.53. The van der Waals surface area contributed by atoms with Crippen LogP contribution in [0.25, 0.3) is 0 Å². The standard InChI is InChI=1S/C8H15ClN4/c1-6-7(9)8(10)13(11-6)5-4-12(2)3/h4-5,10H2,1-3H3. The van der Waals surface area contributed by atoms with Gasteiger partial charge in [0.2, 0.25) is 0 Å². The summed E-state index contributed by atoms with van der Waals surface area (Å²) < 4.78 is 1.73. The Kier molecular flexibility index (Phi) is 3.17. The summed E-state index contributed by atoms with van der Waals surface area (Å²) in [4.78, 5) is 2.07. The zero-order valence-electron chi connectivity index (χ0n) is 8.21. The largest absolute Gasteiger partial charge is 0.383 e. The van der Waals surface area contributed by atoms with Crippen LogP contribution >= 0.6 is 11.6 Å². The summed E-state index contributed by atoms with van der Waals surface area (Å²) in [5.74, 6) is 0.556. The minimum Gasteiger partial charge on any atom is -0.383 e. The molecular weight excluding hydrogens is 188 g/mol. The Morgan fingerprint density at radius 3 is 2.54 bits per heavy atom. The molecule has 0 amide bonds. The Morgan fingerprint density at radius 2 is 2.15 bits per heavy atom. The van der Waals surface area contributed by atoms with Crippen molar-refractivity contribution in [2.45, 2.75) is 13.5 Å². The molecule has 0 atom stereocenters. The molecule has 0 bridgehead atoms. The molecule has 1 heterocycles. The molecule has 1 aromatic heterocycles. The number of aryl methyl sites for hydroxylation is 1. The van der Waals surface area contributed by atoms with Crippen molar-refractivity contribution in [3.63, 3.8) is 0 Å². The summed E-state index contributed by atoms with van der Waals surface area (Å²) in [5, 5.41) is 4.78. The topological polar surface area (TPSA) is 47.1 Å². The number of likely N-dealkylation sites (N-methyl/N-ethyl adjacent to an activating group) is 1. The maximum Gasteiger partial charge on any atom is 0.140 e. The number of nitrogen functional groups attached to an aromatic ring is 1. The molecule has 0 aliphatic rings. The molecule has 0 unspecified atom stereocenters. The van der Waals surface area contributed by atoms with Crippen LogP contribution in [0.5, 0.6) is 0 Å². The van der Waals surface area contributed by atoms with E-state index in [0.29, 0.717) is 10.8 Å².